The zero-order chi connectivity index (χ0) is 10.6. The minimum atomic E-state index is -0.322. The highest BCUT2D eigenvalue weighted by molar-refractivity contribution is 4.97. The molecule has 0 aliphatic heterocycles. The molecule has 0 bridgehead atoms. The molecule has 0 heterocycles. The van der Waals surface area contributed by atoms with Crippen molar-refractivity contribution < 1.29 is 5.11 Å². The van der Waals surface area contributed by atoms with Gasteiger partial charge in [-0.15, -0.1) is 0 Å². The van der Waals surface area contributed by atoms with Gasteiger partial charge >= 0.3 is 0 Å². The van der Waals surface area contributed by atoms with Crippen molar-refractivity contribution in [3.05, 3.63) is 12.2 Å². The summed E-state index contributed by atoms with van der Waals surface area (Å²) in [5, 5.41) is 9.59. The van der Waals surface area contributed by atoms with E-state index in [1.54, 1.807) is 0 Å². The number of hydrogen-bond donors (Lipinski definition) is 1. The van der Waals surface area contributed by atoms with Crippen molar-refractivity contribution in [2.75, 3.05) is 0 Å². The molecular weight excluding hydrogens is 160 g/mol. The van der Waals surface area contributed by atoms with Crippen LogP contribution >= 0.6 is 0 Å². The molecule has 0 aliphatic rings. The number of aliphatic hydroxyl groups is 1. The molecule has 1 heteroatoms. The van der Waals surface area contributed by atoms with Crippen LogP contribution in [0.25, 0.3) is 0 Å². The molecule has 78 valence electrons. The smallest absolute Gasteiger partial charge is 0.0747 e. The Bertz CT molecular complexity index is 164. The van der Waals surface area contributed by atoms with Gasteiger partial charge in [0, 0.05) is 0 Å². The molecule has 0 spiro atoms. The van der Waals surface area contributed by atoms with Crippen LogP contribution in [0, 0.1) is 11.3 Å². The second-order valence-corrected chi connectivity index (χ2v) is 5.47. The van der Waals surface area contributed by atoms with Crippen LogP contribution in [0.2, 0.25) is 0 Å². The van der Waals surface area contributed by atoms with Gasteiger partial charge in [0.15, 0.2) is 0 Å². The van der Waals surface area contributed by atoms with E-state index in [2.05, 4.69) is 34.3 Å². The Hall–Kier alpha value is -0.300. The molecule has 0 aliphatic carbocycles. The van der Waals surface area contributed by atoms with Gasteiger partial charge in [-0.1, -0.05) is 39.8 Å². The first-order valence-electron chi connectivity index (χ1n) is 5.06. The summed E-state index contributed by atoms with van der Waals surface area (Å²) in [5.74, 6) is 0.562. The lowest BCUT2D eigenvalue weighted by Gasteiger charge is -2.24. The molecule has 0 fully saturated rings. The predicted molar refractivity (Wildman–Crippen MR) is 58.7 cm³/mol. The zero-order valence-electron chi connectivity index (χ0n) is 9.72. The summed E-state index contributed by atoms with van der Waals surface area (Å²) < 4.78 is 0. The molecule has 2 unspecified atom stereocenters. The van der Waals surface area contributed by atoms with Gasteiger partial charge in [0.1, 0.15) is 0 Å². The lowest BCUT2D eigenvalue weighted by atomic mass is 9.83. The van der Waals surface area contributed by atoms with E-state index in [1.165, 1.54) is 0 Å². The van der Waals surface area contributed by atoms with Crippen molar-refractivity contribution >= 4 is 0 Å². The van der Waals surface area contributed by atoms with Gasteiger partial charge in [-0.25, -0.2) is 0 Å². The van der Waals surface area contributed by atoms with Gasteiger partial charge in [-0.3, -0.25) is 0 Å². The molecule has 0 saturated carbocycles. The topological polar surface area (TPSA) is 20.2 Å². The molecule has 0 saturated heterocycles. The van der Waals surface area contributed by atoms with Gasteiger partial charge in [-0.05, 0) is 31.1 Å². The predicted octanol–water partition coefficient (Wildman–Crippen LogP) is 3.39. The maximum Gasteiger partial charge on any atom is 0.0747 e. The average molecular weight is 184 g/mol. The van der Waals surface area contributed by atoms with Gasteiger partial charge in [0.2, 0.25) is 0 Å². The molecule has 0 rings (SSSR count). The normalized spacial score (nSPS) is 16.8. The molecule has 1 N–H and O–H groups in total. The highest BCUT2D eigenvalue weighted by atomic mass is 16.3. The van der Waals surface area contributed by atoms with E-state index in [-0.39, 0.29) is 6.10 Å². The Morgan fingerprint density at radius 2 is 1.85 bits per heavy atom. The van der Waals surface area contributed by atoms with E-state index in [9.17, 15) is 5.11 Å². The monoisotopic (exact) mass is 184 g/mol. The largest absolute Gasteiger partial charge is 0.389 e. The first kappa shape index (κ1) is 12.7. The molecular formula is C12H24O. The third-order valence-electron chi connectivity index (χ3n) is 2.16. The van der Waals surface area contributed by atoms with E-state index in [0.717, 1.165) is 18.4 Å². The molecule has 0 amide bonds. The van der Waals surface area contributed by atoms with Gasteiger partial charge in [-0.2, -0.15) is 0 Å². The summed E-state index contributed by atoms with van der Waals surface area (Å²) in [6.07, 6.45) is 1.67. The number of hydrogen-bond acceptors (Lipinski definition) is 1. The van der Waals surface area contributed by atoms with Crippen LogP contribution in [0.3, 0.4) is 0 Å². The van der Waals surface area contributed by atoms with Crippen LogP contribution in [0.4, 0.5) is 0 Å². The fourth-order valence-electron chi connectivity index (χ4n) is 1.71. The summed E-state index contributed by atoms with van der Waals surface area (Å²) in [6, 6.07) is 0. The van der Waals surface area contributed by atoms with Gasteiger partial charge in [0.25, 0.3) is 0 Å². The first-order chi connectivity index (χ1) is 5.72. The Balaban J connectivity index is 3.88. The van der Waals surface area contributed by atoms with Gasteiger partial charge < -0.3 is 5.11 Å². The quantitative estimate of drug-likeness (QED) is 0.664. The first-order valence-corrected chi connectivity index (χ1v) is 5.06. The van der Waals surface area contributed by atoms with Crippen LogP contribution in [0.1, 0.15) is 47.5 Å². The van der Waals surface area contributed by atoms with Crippen LogP contribution in [-0.2, 0) is 0 Å². The van der Waals surface area contributed by atoms with Gasteiger partial charge in [0.05, 0.1) is 6.10 Å². The van der Waals surface area contributed by atoms with Crippen molar-refractivity contribution in [3.8, 4) is 0 Å². The van der Waals surface area contributed by atoms with Crippen molar-refractivity contribution in [1.29, 1.82) is 0 Å². The van der Waals surface area contributed by atoms with Crippen LogP contribution < -0.4 is 0 Å². The molecule has 0 aromatic heterocycles. The molecule has 0 aromatic rings. The van der Waals surface area contributed by atoms with Crippen LogP contribution in [-0.4, -0.2) is 11.2 Å². The van der Waals surface area contributed by atoms with Crippen molar-refractivity contribution in [3.63, 3.8) is 0 Å². The maximum atomic E-state index is 9.59. The second kappa shape index (κ2) is 4.80. The Morgan fingerprint density at radius 1 is 1.38 bits per heavy atom. The third-order valence-corrected chi connectivity index (χ3v) is 2.16. The van der Waals surface area contributed by atoms with Crippen molar-refractivity contribution in [2.24, 2.45) is 11.3 Å². The minimum absolute atomic E-state index is 0.322. The molecule has 0 radical (unpaired) electrons. The van der Waals surface area contributed by atoms with E-state index in [0.29, 0.717) is 11.3 Å². The lowest BCUT2D eigenvalue weighted by Crippen LogP contribution is -2.17. The van der Waals surface area contributed by atoms with E-state index < -0.39 is 0 Å². The number of rotatable bonds is 4. The second-order valence-electron chi connectivity index (χ2n) is 5.47. The fourth-order valence-corrected chi connectivity index (χ4v) is 1.71. The molecule has 0 aromatic carbocycles. The highest BCUT2D eigenvalue weighted by Crippen LogP contribution is 2.27. The van der Waals surface area contributed by atoms with Crippen LogP contribution in [0.15, 0.2) is 12.2 Å². The third kappa shape index (κ3) is 6.83. The van der Waals surface area contributed by atoms with Crippen molar-refractivity contribution in [1.82, 2.24) is 0 Å². The highest BCUT2D eigenvalue weighted by Gasteiger charge is 2.17. The minimum Gasteiger partial charge on any atom is -0.389 e. The zero-order valence-corrected chi connectivity index (χ0v) is 9.72. The Labute approximate surface area is 82.9 Å². The molecule has 1 nitrogen and oxygen atoms in total. The summed E-state index contributed by atoms with van der Waals surface area (Å²) >= 11 is 0. The summed E-state index contributed by atoms with van der Waals surface area (Å²) in [4.78, 5) is 0. The van der Waals surface area contributed by atoms with Crippen LogP contribution in [0.5, 0.6) is 0 Å². The molecule has 13 heavy (non-hydrogen) atoms. The maximum absolute atomic E-state index is 9.59. The number of aliphatic hydroxyl groups excluding tert-OH is 1. The van der Waals surface area contributed by atoms with E-state index in [1.807, 2.05) is 6.92 Å². The molecule has 2 atom stereocenters. The van der Waals surface area contributed by atoms with E-state index >= 15 is 0 Å². The Morgan fingerprint density at radius 3 is 2.15 bits per heavy atom. The SMILES string of the molecule is C=C(C)C(O)CC(C)CC(C)(C)C. The average Bonchev–Trinajstić information content (AvgIpc) is 1.81. The summed E-state index contributed by atoms with van der Waals surface area (Å²) in [7, 11) is 0. The standard InChI is InChI=1S/C12H24O/c1-9(2)11(13)7-10(3)8-12(4,5)6/h10-11,13H,1,7-8H2,2-6H3. The summed E-state index contributed by atoms with van der Waals surface area (Å²) in [5.41, 5.74) is 1.23. The fraction of sp³-hybridized carbons (Fsp3) is 0.833. The summed E-state index contributed by atoms with van der Waals surface area (Å²) in [6.45, 7) is 14.5. The Kier molecular flexibility index (Phi) is 4.69. The van der Waals surface area contributed by atoms with Crippen molar-refractivity contribution in [2.45, 2.75) is 53.6 Å². The lowest BCUT2D eigenvalue weighted by molar-refractivity contribution is 0.162. The van der Waals surface area contributed by atoms with E-state index in [4.69, 9.17) is 0 Å².